The first-order chi connectivity index (χ1) is 12.2. The Morgan fingerprint density at radius 2 is 1.72 bits per heavy atom. The van der Waals surface area contributed by atoms with Gasteiger partial charge in [-0.25, -0.2) is 0 Å². The molecule has 0 radical (unpaired) electrons. The predicted molar refractivity (Wildman–Crippen MR) is 99.4 cm³/mol. The van der Waals surface area contributed by atoms with Gasteiger partial charge in [-0.3, -0.25) is 9.69 Å². The number of aliphatic carboxylic acids is 1. The van der Waals surface area contributed by atoms with E-state index in [1.54, 1.807) is 0 Å². The van der Waals surface area contributed by atoms with Crippen LogP contribution in [0.5, 0.6) is 0 Å². The van der Waals surface area contributed by atoms with Crippen molar-refractivity contribution in [3.05, 3.63) is 71.8 Å². The molecule has 1 fully saturated rings. The Morgan fingerprint density at radius 1 is 1.08 bits per heavy atom. The average molecular weight is 338 g/mol. The van der Waals surface area contributed by atoms with Crippen molar-refractivity contribution in [3.63, 3.8) is 0 Å². The third-order valence-corrected chi connectivity index (χ3v) is 4.77. The molecular formula is C21H26N2O2. The monoisotopic (exact) mass is 338 g/mol. The fraction of sp³-hybridized carbons (Fsp3) is 0.381. The first-order valence-corrected chi connectivity index (χ1v) is 9.00. The van der Waals surface area contributed by atoms with E-state index in [4.69, 9.17) is 0 Å². The summed E-state index contributed by atoms with van der Waals surface area (Å²) in [6.07, 6.45) is 2.65. The van der Waals surface area contributed by atoms with E-state index in [1.807, 2.05) is 36.4 Å². The summed E-state index contributed by atoms with van der Waals surface area (Å²) in [7, 11) is 0. The number of carboxylic acid groups (broad SMARTS) is 1. The Morgan fingerprint density at radius 3 is 2.36 bits per heavy atom. The standard InChI is InChI=1S/C21H26N2O2/c24-21(25)20(14-17-8-3-1-4-9-17)22-19-12-7-13-23(16-19)15-18-10-5-2-6-11-18/h1-6,8-11,19-20,22H,7,12-16H2,(H,24,25)/t19?,20-/m1/s1. The minimum Gasteiger partial charge on any atom is -0.480 e. The topological polar surface area (TPSA) is 52.6 Å². The van der Waals surface area contributed by atoms with E-state index >= 15 is 0 Å². The summed E-state index contributed by atoms with van der Waals surface area (Å²) in [5.74, 6) is -0.774. The maximum atomic E-state index is 11.7. The van der Waals surface area contributed by atoms with Crippen molar-refractivity contribution in [2.24, 2.45) is 0 Å². The highest BCUT2D eigenvalue weighted by Gasteiger charge is 2.25. The lowest BCUT2D eigenvalue weighted by Crippen LogP contribution is -2.51. The van der Waals surface area contributed by atoms with Gasteiger partial charge in [-0.15, -0.1) is 0 Å². The summed E-state index contributed by atoms with van der Waals surface area (Å²) in [6, 6.07) is 20.0. The maximum absolute atomic E-state index is 11.7. The fourth-order valence-corrected chi connectivity index (χ4v) is 3.53. The van der Waals surface area contributed by atoms with Crippen molar-refractivity contribution in [1.29, 1.82) is 0 Å². The van der Waals surface area contributed by atoms with Gasteiger partial charge in [-0.2, -0.15) is 0 Å². The molecule has 0 aromatic heterocycles. The molecule has 3 rings (SSSR count). The van der Waals surface area contributed by atoms with Crippen LogP contribution in [0.3, 0.4) is 0 Å². The van der Waals surface area contributed by atoms with Crippen LogP contribution in [0.15, 0.2) is 60.7 Å². The van der Waals surface area contributed by atoms with Crippen molar-refractivity contribution < 1.29 is 9.90 Å². The largest absolute Gasteiger partial charge is 0.480 e. The lowest BCUT2D eigenvalue weighted by molar-refractivity contribution is -0.139. The van der Waals surface area contributed by atoms with Crippen molar-refractivity contribution in [3.8, 4) is 0 Å². The van der Waals surface area contributed by atoms with E-state index in [0.717, 1.165) is 38.0 Å². The van der Waals surface area contributed by atoms with Crippen LogP contribution in [-0.4, -0.2) is 41.1 Å². The quantitative estimate of drug-likeness (QED) is 0.815. The van der Waals surface area contributed by atoms with Crippen LogP contribution < -0.4 is 5.32 Å². The molecule has 0 amide bonds. The zero-order valence-corrected chi connectivity index (χ0v) is 14.5. The van der Waals surface area contributed by atoms with Crippen LogP contribution in [0.2, 0.25) is 0 Å². The SMILES string of the molecule is O=C(O)[C@@H](Cc1ccccc1)NC1CCCN(Cc2ccccc2)C1. The third kappa shape index (κ3) is 5.41. The number of carbonyl (C=O) groups is 1. The van der Waals surface area contributed by atoms with Gasteiger partial charge in [0.25, 0.3) is 0 Å². The Bertz CT molecular complexity index is 660. The molecule has 25 heavy (non-hydrogen) atoms. The molecule has 0 aliphatic carbocycles. The van der Waals surface area contributed by atoms with Crippen LogP contribution in [0, 0.1) is 0 Å². The van der Waals surface area contributed by atoms with Crippen molar-refractivity contribution in [2.45, 2.75) is 37.9 Å². The highest BCUT2D eigenvalue weighted by Crippen LogP contribution is 2.15. The number of carboxylic acids is 1. The molecule has 0 bridgehead atoms. The number of hydrogen-bond donors (Lipinski definition) is 2. The number of piperidine rings is 1. The van der Waals surface area contributed by atoms with Gasteiger partial charge in [0.15, 0.2) is 0 Å². The molecule has 4 heteroatoms. The molecule has 4 nitrogen and oxygen atoms in total. The van der Waals surface area contributed by atoms with Gasteiger partial charge >= 0.3 is 5.97 Å². The van der Waals surface area contributed by atoms with Crippen LogP contribution >= 0.6 is 0 Å². The summed E-state index contributed by atoms with van der Waals surface area (Å²) >= 11 is 0. The van der Waals surface area contributed by atoms with Crippen LogP contribution in [0.1, 0.15) is 24.0 Å². The number of nitrogens with one attached hydrogen (secondary N) is 1. The van der Waals surface area contributed by atoms with Crippen molar-refractivity contribution >= 4 is 5.97 Å². The molecule has 0 saturated carbocycles. The molecular weight excluding hydrogens is 312 g/mol. The summed E-state index contributed by atoms with van der Waals surface area (Å²) in [6.45, 7) is 2.90. The van der Waals surface area contributed by atoms with E-state index in [0.29, 0.717) is 6.42 Å². The Hall–Kier alpha value is -2.17. The van der Waals surface area contributed by atoms with Crippen LogP contribution in [0.25, 0.3) is 0 Å². The third-order valence-electron chi connectivity index (χ3n) is 4.77. The van der Waals surface area contributed by atoms with Gasteiger partial charge in [-0.05, 0) is 36.9 Å². The van der Waals surface area contributed by atoms with Gasteiger partial charge in [0.05, 0.1) is 0 Å². The van der Waals surface area contributed by atoms with E-state index < -0.39 is 12.0 Å². The molecule has 132 valence electrons. The normalized spacial score (nSPS) is 19.4. The first-order valence-electron chi connectivity index (χ1n) is 9.00. The molecule has 2 atom stereocenters. The van der Waals surface area contributed by atoms with Crippen molar-refractivity contribution in [1.82, 2.24) is 10.2 Å². The lowest BCUT2D eigenvalue weighted by atomic mass is 10.0. The Balaban J connectivity index is 1.57. The Labute approximate surface area is 149 Å². The highest BCUT2D eigenvalue weighted by molar-refractivity contribution is 5.74. The highest BCUT2D eigenvalue weighted by atomic mass is 16.4. The van der Waals surface area contributed by atoms with Gasteiger partial charge in [0, 0.05) is 19.1 Å². The number of likely N-dealkylation sites (tertiary alicyclic amines) is 1. The average Bonchev–Trinajstić information content (AvgIpc) is 2.63. The van der Waals surface area contributed by atoms with E-state index in [9.17, 15) is 9.90 Å². The maximum Gasteiger partial charge on any atom is 0.321 e. The fourth-order valence-electron chi connectivity index (χ4n) is 3.53. The summed E-state index contributed by atoms with van der Waals surface area (Å²) in [5.41, 5.74) is 2.36. The zero-order chi connectivity index (χ0) is 17.5. The van der Waals surface area contributed by atoms with Gasteiger partial charge in [-0.1, -0.05) is 60.7 Å². The number of nitrogens with zero attached hydrogens (tertiary/aromatic N) is 1. The second-order valence-corrected chi connectivity index (χ2v) is 6.81. The summed E-state index contributed by atoms with van der Waals surface area (Å²) < 4.78 is 0. The Kier molecular flexibility index (Phi) is 6.20. The number of rotatable bonds is 7. The minimum atomic E-state index is -0.774. The smallest absolute Gasteiger partial charge is 0.321 e. The second kappa shape index (κ2) is 8.79. The molecule has 1 heterocycles. The van der Waals surface area contributed by atoms with Crippen molar-refractivity contribution in [2.75, 3.05) is 13.1 Å². The molecule has 2 aromatic carbocycles. The number of hydrogen-bond acceptors (Lipinski definition) is 3. The molecule has 2 aromatic rings. The first kappa shape index (κ1) is 17.6. The molecule has 1 aliphatic rings. The summed E-state index contributed by atoms with van der Waals surface area (Å²) in [5, 5.41) is 13.0. The lowest BCUT2D eigenvalue weighted by Gasteiger charge is -2.34. The molecule has 0 spiro atoms. The predicted octanol–water partition coefficient (Wildman–Crippen LogP) is 2.94. The molecule has 2 N–H and O–H groups in total. The van der Waals surface area contributed by atoms with Crippen LogP contribution in [0.4, 0.5) is 0 Å². The molecule has 1 unspecified atom stereocenters. The van der Waals surface area contributed by atoms with E-state index in [-0.39, 0.29) is 6.04 Å². The van der Waals surface area contributed by atoms with Gasteiger partial charge < -0.3 is 10.4 Å². The minimum absolute atomic E-state index is 0.224. The second-order valence-electron chi connectivity index (χ2n) is 6.81. The van der Waals surface area contributed by atoms with Gasteiger partial charge in [0.1, 0.15) is 6.04 Å². The summed E-state index contributed by atoms with van der Waals surface area (Å²) in [4.78, 5) is 14.1. The molecule has 1 aliphatic heterocycles. The van der Waals surface area contributed by atoms with E-state index in [2.05, 4.69) is 34.5 Å². The van der Waals surface area contributed by atoms with Crippen LogP contribution in [-0.2, 0) is 17.8 Å². The van der Waals surface area contributed by atoms with Gasteiger partial charge in [0.2, 0.25) is 0 Å². The molecule has 1 saturated heterocycles. The zero-order valence-electron chi connectivity index (χ0n) is 14.5. The number of benzene rings is 2. The van der Waals surface area contributed by atoms with E-state index in [1.165, 1.54) is 5.56 Å².